The predicted octanol–water partition coefficient (Wildman–Crippen LogP) is 23.1. The zero-order valence-corrected chi connectivity index (χ0v) is 65.8. The molecule has 17 nitrogen and oxygen atoms in total. The van der Waals surface area contributed by atoms with Crippen LogP contribution in [0.5, 0.6) is 0 Å². The van der Waals surface area contributed by atoms with Crippen LogP contribution in [0, 0.1) is 0 Å². The Labute approximate surface area is 619 Å². The maximum absolute atomic E-state index is 13.1. The molecule has 0 heterocycles. The van der Waals surface area contributed by atoms with Gasteiger partial charge in [-0.3, -0.25) is 37.3 Å². The molecule has 0 saturated heterocycles. The van der Waals surface area contributed by atoms with Gasteiger partial charge in [-0.25, -0.2) is 9.13 Å². The fourth-order valence-corrected chi connectivity index (χ4v) is 12.0. The molecule has 3 N–H and O–H groups in total. The monoisotopic (exact) mass is 1470 g/mol. The molecule has 0 aromatic rings. The highest BCUT2D eigenvalue weighted by Crippen LogP contribution is 2.45. The highest BCUT2D eigenvalue weighted by molar-refractivity contribution is 7.47. The number of unbranched alkanes of at least 4 members (excludes halogenated alkanes) is 28. The van der Waals surface area contributed by atoms with E-state index in [4.69, 9.17) is 37.0 Å². The summed E-state index contributed by atoms with van der Waals surface area (Å²) in [6, 6.07) is 0. The lowest BCUT2D eigenvalue weighted by molar-refractivity contribution is -0.161. The summed E-state index contributed by atoms with van der Waals surface area (Å²) in [5, 5.41) is 10.6. The molecule has 0 radical (unpaired) electrons. The SMILES string of the molecule is CC/C=C\C/C=C\C/C=C\C/C=C\C/C=C\CCCC(=O)OC(COC(=O)CCCCCCCC/C=C\C/C=C\C/C=C\C/C=C\CC)COP(=O)(O)OCC(O)COP(=O)(O)OCC(COC(=O)CCCCCCC/C=C\CCCCCCCC)OC(=O)CCCCCCCCCCCCC. The number of rotatable bonds is 74. The Kier molecular flexibility index (Phi) is 71.4. The van der Waals surface area contributed by atoms with Gasteiger partial charge in [0.1, 0.15) is 19.3 Å². The van der Waals surface area contributed by atoms with E-state index >= 15 is 0 Å². The summed E-state index contributed by atoms with van der Waals surface area (Å²) >= 11 is 0. The third-order valence-electron chi connectivity index (χ3n) is 16.4. The molecule has 0 aliphatic heterocycles. The van der Waals surface area contributed by atoms with Crippen molar-refractivity contribution in [1.82, 2.24) is 0 Å². The van der Waals surface area contributed by atoms with E-state index < -0.39 is 97.5 Å². The summed E-state index contributed by atoms with van der Waals surface area (Å²) in [4.78, 5) is 72.9. The molecule has 0 saturated carbocycles. The molecule has 5 atom stereocenters. The van der Waals surface area contributed by atoms with Crippen LogP contribution in [0.15, 0.2) is 122 Å². The molecule has 0 fully saturated rings. The van der Waals surface area contributed by atoms with Gasteiger partial charge in [-0.1, -0.05) is 290 Å². The molecule has 0 amide bonds. The second-order valence-electron chi connectivity index (χ2n) is 26.2. The lowest BCUT2D eigenvalue weighted by Crippen LogP contribution is -2.30. The van der Waals surface area contributed by atoms with Gasteiger partial charge in [0.15, 0.2) is 12.2 Å². The summed E-state index contributed by atoms with van der Waals surface area (Å²) < 4.78 is 68.5. The first-order valence-corrected chi connectivity index (χ1v) is 42.8. The summed E-state index contributed by atoms with van der Waals surface area (Å²) in [7, 11) is -9.98. The zero-order valence-electron chi connectivity index (χ0n) is 64.0. The van der Waals surface area contributed by atoms with Crippen molar-refractivity contribution < 1.29 is 80.2 Å². The first-order chi connectivity index (χ1) is 49.7. The van der Waals surface area contributed by atoms with E-state index in [1.807, 2.05) is 12.2 Å². The Morgan fingerprint density at radius 1 is 0.284 bits per heavy atom. The standard InChI is InChI=1S/C83H142O17P2/c1-5-9-13-17-21-25-29-32-35-37-38-40-42-45-49-52-56-60-64-68-81(86)94-74-79(100-83(88)70-66-62-58-54-50-46-43-39-36-33-30-26-22-18-14-10-6-2)76-98-102(91,92)96-72-77(84)71-95-101(89,90)97-75-78(99-82(87)69-65-61-57-53-47-28-24-20-16-12-8-4)73-93-80(85)67-63-59-55-51-48-44-41-34-31-27-23-19-15-11-7-3/h9-10,13-14,21-22,25-26,32-36,38,40-41,43,46,54,58,77-79,84H,5-8,11-12,15-20,23-24,27-31,37,39,42,44-45,47-53,55-57,59-76H2,1-4H3,(H,89,90)(H,91,92)/b13-9-,14-10-,25-21-,26-22-,35-32-,36-33-,40-38-,41-34-,46-43-,58-54-. The molecule has 0 aromatic carbocycles. The molecule has 0 aliphatic carbocycles. The number of phosphoric acid groups is 2. The maximum Gasteiger partial charge on any atom is 0.472 e. The van der Waals surface area contributed by atoms with Crippen LogP contribution < -0.4 is 0 Å². The number of allylic oxidation sites excluding steroid dienone is 20. The van der Waals surface area contributed by atoms with Crippen molar-refractivity contribution in [2.45, 2.75) is 341 Å². The molecule has 0 bridgehead atoms. The van der Waals surface area contributed by atoms with Crippen LogP contribution in [0.4, 0.5) is 0 Å². The Balaban J connectivity index is 5.39. The van der Waals surface area contributed by atoms with Crippen molar-refractivity contribution in [1.29, 1.82) is 0 Å². The number of carbonyl (C=O) groups excluding carboxylic acids is 4. The molecule has 0 aliphatic rings. The third-order valence-corrected chi connectivity index (χ3v) is 18.3. The molecule has 19 heteroatoms. The van der Waals surface area contributed by atoms with Gasteiger partial charge < -0.3 is 33.8 Å². The first kappa shape index (κ1) is 97.5. The van der Waals surface area contributed by atoms with E-state index in [1.165, 1.54) is 77.0 Å². The van der Waals surface area contributed by atoms with Gasteiger partial charge in [0.05, 0.1) is 26.4 Å². The van der Waals surface area contributed by atoms with E-state index in [0.29, 0.717) is 32.1 Å². The van der Waals surface area contributed by atoms with Gasteiger partial charge in [-0.2, -0.15) is 0 Å². The van der Waals surface area contributed by atoms with Gasteiger partial charge in [-0.05, 0) is 128 Å². The largest absolute Gasteiger partial charge is 0.472 e. The Morgan fingerprint density at radius 2 is 0.520 bits per heavy atom. The van der Waals surface area contributed by atoms with Crippen LogP contribution in [0.25, 0.3) is 0 Å². The molecule has 102 heavy (non-hydrogen) atoms. The summed E-state index contributed by atoms with van der Waals surface area (Å²) in [6.07, 6.45) is 81.9. The second kappa shape index (κ2) is 74.7. The van der Waals surface area contributed by atoms with Crippen molar-refractivity contribution in [2.75, 3.05) is 39.6 Å². The van der Waals surface area contributed by atoms with E-state index in [2.05, 4.69) is 137 Å². The number of aliphatic hydroxyl groups excluding tert-OH is 1. The van der Waals surface area contributed by atoms with Crippen LogP contribution in [0.3, 0.4) is 0 Å². The number of ether oxygens (including phenoxy) is 4. The molecule has 0 rings (SSSR count). The second-order valence-corrected chi connectivity index (χ2v) is 29.2. The number of hydrogen-bond acceptors (Lipinski definition) is 15. The van der Waals surface area contributed by atoms with E-state index in [1.54, 1.807) is 0 Å². The minimum absolute atomic E-state index is 0.0110. The van der Waals surface area contributed by atoms with Crippen molar-refractivity contribution >= 4 is 39.5 Å². The van der Waals surface area contributed by atoms with E-state index in [0.717, 1.165) is 161 Å². The molecule has 586 valence electrons. The number of aliphatic hydroxyl groups is 1. The molecular formula is C83H142O17P2. The van der Waals surface area contributed by atoms with E-state index in [-0.39, 0.29) is 25.7 Å². The van der Waals surface area contributed by atoms with Crippen LogP contribution >= 0.6 is 15.6 Å². The average molecular weight is 1470 g/mol. The smallest absolute Gasteiger partial charge is 0.462 e. The minimum atomic E-state index is -5.00. The Morgan fingerprint density at radius 3 is 0.833 bits per heavy atom. The molecule has 0 aromatic heterocycles. The van der Waals surface area contributed by atoms with E-state index in [9.17, 15) is 43.2 Å². The summed E-state index contributed by atoms with van der Waals surface area (Å²) in [5.41, 5.74) is 0. The van der Waals surface area contributed by atoms with Gasteiger partial charge in [-0.15, -0.1) is 0 Å². The zero-order chi connectivity index (χ0) is 74.6. The Hall–Kier alpha value is -4.54. The summed E-state index contributed by atoms with van der Waals surface area (Å²) in [6.45, 7) is 4.57. The van der Waals surface area contributed by atoms with Gasteiger partial charge in [0, 0.05) is 25.7 Å². The lowest BCUT2D eigenvalue weighted by Gasteiger charge is -2.21. The van der Waals surface area contributed by atoms with Crippen LogP contribution in [-0.4, -0.2) is 96.7 Å². The molecule has 5 unspecified atom stereocenters. The summed E-state index contributed by atoms with van der Waals surface area (Å²) in [5.74, 6) is -2.26. The van der Waals surface area contributed by atoms with Gasteiger partial charge >= 0.3 is 39.5 Å². The lowest BCUT2D eigenvalue weighted by atomic mass is 10.1. The van der Waals surface area contributed by atoms with Crippen molar-refractivity contribution in [3.63, 3.8) is 0 Å². The highest BCUT2D eigenvalue weighted by atomic mass is 31.2. The quantitative estimate of drug-likeness (QED) is 0.0169. The molecular weight excluding hydrogens is 1330 g/mol. The van der Waals surface area contributed by atoms with Gasteiger partial charge in [0.25, 0.3) is 0 Å². The van der Waals surface area contributed by atoms with Crippen molar-refractivity contribution in [3.8, 4) is 0 Å². The minimum Gasteiger partial charge on any atom is -0.462 e. The fourth-order valence-electron chi connectivity index (χ4n) is 10.4. The van der Waals surface area contributed by atoms with Gasteiger partial charge in [0.2, 0.25) is 0 Å². The number of esters is 4. The van der Waals surface area contributed by atoms with Crippen LogP contribution in [-0.2, 0) is 65.4 Å². The van der Waals surface area contributed by atoms with Crippen LogP contribution in [0.2, 0.25) is 0 Å². The highest BCUT2D eigenvalue weighted by Gasteiger charge is 2.30. The third kappa shape index (κ3) is 73.8. The Bertz CT molecular complexity index is 2410. The molecule has 0 spiro atoms. The number of carbonyl (C=O) groups is 4. The normalized spacial score (nSPS) is 14.5. The number of hydrogen-bond donors (Lipinski definition) is 3. The average Bonchev–Trinajstić information content (AvgIpc) is 0.927. The first-order valence-electron chi connectivity index (χ1n) is 39.8. The maximum atomic E-state index is 13.1. The van der Waals surface area contributed by atoms with Crippen molar-refractivity contribution in [3.05, 3.63) is 122 Å². The predicted molar refractivity (Wildman–Crippen MR) is 418 cm³/mol. The fraction of sp³-hybridized carbons (Fsp3) is 0.711. The van der Waals surface area contributed by atoms with Crippen LogP contribution in [0.1, 0.15) is 323 Å². The topological polar surface area (TPSA) is 237 Å². The van der Waals surface area contributed by atoms with Crippen molar-refractivity contribution in [2.24, 2.45) is 0 Å². The number of phosphoric ester groups is 2.